The number of halogens is 1. The Hall–Kier alpha value is -1.99. The molecule has 7 heteroatoms. The highest BCUT2D eigenvalue weighted by Gasteiger charge is 2.24. The molecule has 104 valence electrons. The minimum absolute atomic E-state index is 0.0293. The van der Waals surface area contributed by atoms with Gasteiger partial charge in [0.25, 0.3) is 0 Å². The largest absolute Gasteiger partial charge is 0.369 e. The van der Waals surface area contributed by atoms with Crippen LogP contribution in [0, 0.1) is 5.82 Å². The molecule has 0 bridgehead atoms. The number of rotatable bonds is 7. The van der Waals surface area contributed by atoms with Crippen molar-refractivity contribution in [3.8, 4) is 0 Å². The molecule has 0 aliphatic carbocycles. The van der Waals surface area contributed by atoms with Gasteiger partial charge in [-0.05, 0) is 6.07 Å². The normalized spacial score (nSPS) is 12.4. The van der Waals surface area contributed by atoms with Gasteiger partial charge in [-0.15, -0.1) is 0 Å². The van der Waals surface area contributed by atoms with Crippen molar-refractivity contribution in [2.45, 2.75) is 6.04 Å². The molecule has 2 amide bonds. The Morgan fingerprint density at radius 3 is 2.11 bits per heavy atom. The molecule has 0 aromatic heterocycles. The van der Waals surface area contributed by atoms with Gasteiger partial charge in [-0.1, -0.05) is 18.2 Å². The zero-order valence-corrected chi connectivity index (χ0v) is 10.4. The summed E-state index contributed by atoms with van der Waals surface area (Å²) in [6.45, 7) is -0.417. The van der Waals surface area contributed by atoms with E-state index < -0.39 is 23.7 Å². The second-order valence-corrected chi connectivity index (χ2v) is 4.11. The van der Waals surface area contributed by atoms with Gasteiger partial charge in [-0.2, -0.15) is 0 Å². The molecule has 0 saturated carbocycles. The van der Waals surface area contributed by atoms with Crippen molar-refractivity contribution in [2.75, 3.05) is 19.6 Å². The first-order valence-electron chi connectivity index (χ1n) is 5.70. The van der Waals surface area contributed by atoms with Crippen LogP contribution in [0.15, 0.2) is 24.3 Å². The van der Waals surface area contributed by atoms with E-state index in [2.05, 4.69) is 0 Å². The maximum Gasteiger partial charge on any atom is 0.231 e. The average Bonchev–Trinajstić information content (AvgIpc) is 2.30. The van der Waals surface area contributed by atoms with Gasteiger partial charge in [-0.25, -0.2) is 4.39 Å². The van der Waals surface area contributed by atoms with Crippen molar-refractivity contribution in [1.29, 1.82) is 0 Å². The Morgan fingerprint density at radius 2 is 1.68 bits per heavy atom. The van der Waals surface area contributed by atoms with Gasteiger partial charge in [0.2, 0.25) is 11.8 Å². The number of nitrogens with zero attached hydrogens (tertiary/aromatic N) is 1. The van der Waals surface area contributed by atoms with E-state index in [1.165, 1.54) is 11.0 Å². The van der Waals surface area contributed by atoms with E-state index in [1.54, 1.807) is 18.2 Å². The molecule has 1 rings (SSSR count). The van der Waals surface area contributed by atoms with Crippen molar-refractivity contribution in [2.24, 2.45) is 17.2 Å². The molecule has 1 aromatic carbocycles. The van der Waals surface area contributed by atoms with E-state index in [0.717, 1.165) is 0 Å². The standard InChI is InChI=1S/C12H17FN4O2/c13-9-4-2-1-3-8(9)10(5-14)17(6-11(15)18)7-12(16)19/h1-4,10H,5-7,14H2,(H2,15,18)(H2,16,19). The van der Waals surface area contributed by atoms with Crippen LogP contribution >= 0.6 is 0 Å². The van der Waals surface area contributed by atoms with E-state index >= 15 is 0 Å². The first kappa shape index (κ1) is 15.1. The fraction of sp³-hybridized carbons (Fsp3) is 0.333. The summed E-state index contributed by atoms with van der Waals surface area (Å²) in [5.74, 6) is -1.75. The van der Waals surface area contributed by atoms with Crippen LogP contribution in [-0.4, -0.2) is 36.3 Å². The van der Waals surface area contributed by atoms with Crippen LogP contribution in [0.1, 0.15) is 11.6 Å². The third-order valence-electron chi connectivity index (χ3n) is 2.65. The summed E-state index contributed by atoms with van der Waals surface area (Å²) in [5, 5.41) is 0. The van der Waals surface area contributed by atoms with E-state index in [9.17, 15) is 14.0 Å². The summed E-state index contributed by atoms with van der Waals surface area (Å²) >= 11 is 0. The quantitative estimate of drug-likeness (QED) is 0.594. The molecule has 0 aliphatic rings. The van der Waals surface area contributed by atoms with Crippen molar-refractivity contribution < 1.29 is 14.0 Å². The number of nitrogens with two attached hydrogens (primary N) is 3. The third-order valence-corrected chi connectivity index (χ3v) is 2.65. The minimum Gasteiger partial charge on any atom is -0.369 e. The van der Waals surface area contributed by atoms with Crippen LogP contribution in [0.5, 0.6) is 0 Å². The van der Waals surface area contributed by atoms with Gasteiger partial charge in [0.15, 0.2) is 0 Å². The van der Waals surface area contributed by atoms with Gasteiger partial charge in [0, 0.05) is 12.1 Å². The predicted octanol–water partition coefficient (Wildman–Crippen LogP) is -0.902. The number of carbonyl (C=O) groups excluding carboxylic acids is 2. The smallest absolute Gasteiger partial charge is 0.231 e. The molecule has 0 radical (unpaired) electrons. The molecule has 0 saturated heterocycles. The Labute approximate surface area is 110 Å². The Kier molecular flexibility index (Phi) is 5.40. The SMILES string of the molecule is NCC(c1ccccc1F)N(CC(N)=O)CC(N)=O. The number of primary amides is 2. The molecule has 1 unspecified atom stereocenters. The number of benzene rings is 1. The molecule has 1 atom stereocenters. The molecule has 6 nitrogen and oxygen atoms in total. The molecule has 6 N–H and O–H groups in total. The van der Waals surface area contributed by atoms with E-state index in [-0.39, 0.29) is 19.6 Å². The lowest BCUT2D eigenvalue weighted by Gasteiger charge is -2.29. The van der Waals surface area contributed by atoms with Crippen LogP contribution in [0.25, 0.3) is 0 Å². The molecule has 0 spiro atoms. The number of hydrogen-bond donors (Lipinski definition) is 3. The lowest BCUT2D eigenvalue weighted by Crippen LogP contribution is -2.44. The van der Waals surface area contributed by atoms with Gasteiger partial charge in [0.1, 0.15) is 5.82 Å². The minimum atomic E-state index is -0.643. The summed E-state index contributed by atoms with van der Waals surface area (Å²) in [7, 11) is 0. The lowest BCUT2D eigenvalue weighted by atomic mass is 10.0. The van der Waals surface area contributed by atoms with Gasteiger partial charge in [-0.3, -0.25) is 14.5 Å². The average molecular weight is 268 g/mol. The molecule has 0 heterocycles. The zero-order valence-electron chi connectivity index (χ0n) is 10.4. The van der Waals surface area contributed by atoms with Gasteiger partial charge < -0.3 is 17.2 Å². The van der Waals surface area contributed by atoms with E-state index in [4.69, 9.17) is 17.2 Å². The fourth-order valence-electron chi connectivity index (χ4n) is 1.89. The van der Waals surface area contributed by atoms with Crippen LogP contribution in [0.2, 0.25) is 0 Å². The maximum absolute atomic E-state index is 13.7. The molecular weight excluding hydrogens is 251 g/mol. The predicted molar refractivity (Wildman–Crippen MR) is 68.2 cm³/mol. The van der Waals surface area contributed by atoms with Crippen LogP contribution in [0.4, 0.5) is 4.39 Å². The number of amides is 2. The van der Waals surface area contributed by atoms with Crippen LogP contribution in [0.3, 0.4) is 0 Å². The van der Waals surface area contributed by atoms with E-state index in [1.807, 2.05) is 0 Å². The highest BCUT2D eigenvalue weighted by Crippen LogP contribution is 2.21. The fourth-order valence-corrected chi connectivity index (χ4v) is 1.89. The van der Waals surface area contributed by atoms with Crippen molar-refractivity contribution in [1.82, 2.24) is 4.90 Å². The number of hydrogen-bond acceptors (Lipinski definition) is 4. The van der Waals surface area contributed by atoms with E-state index in [0.29, 0.717) is 5.56 Å². The van der Waals surface area contributed by atoms with Crippen LogP contribution in [-0.2, 0) is 9.59 Å². The van der Waals surface area contributed by atoms with Crippen molar-refractivity contribution >= 4 is 11.8 Å². The topological polar surface area (TPSA) is 115 Å². The highest BCUT2D eigenvalue weighted by atomic mass is 19.1. The summed E-state index contributed by atoms with van der Waals surface area (Å²) in [4.78, 5) is 23.4. The van der Waals surface area contributed by atoms with Crippen molar-refractivity contribution in [3.05, 3.63) is 35.6 Å². The van der Waals surface area contributed by atoms with Crippen molar-refractivity contribution in [3.63, 3.8) is 0 Å². The highest BCUT2D eigenvalue weighted by molar-refractivity contribution is 5.79. The Bertz CT molecular complexity index is 451. The van der Waals surface area contributed by atoms with Gasteiger partial charge >= 0.3 is 0 Å². The first-order valence-corrected chi connectivity index (χ1v) is 5.70. The second-order valence-electron chi connectivity index (χ2n) is 4.11. The Balaban J connectivity index is 3.05. The summed E-state index contributed by atoms with van der Waals surface area (Å²) < 4.78 is 13.7. The van der Waals surface area contributed by atoms with Crippen LogP contribution < -0.4 is 17.2 Å². The van der Waals surface area contributed by atoms with Gasteiger partial charge in [0.05, 0.1) is 19.1 Å². The molecule has 1 aromatic rings. The molecular formula is C12H17FN4O2. The second kappa shape index (κ2) is 6.81. The lowest BCUT2D eigenvalue weighted by molar-refractivity contribution is -0.122. The monoisotopic (exact) mass is 268 g/mol. The molecule has 19 heavy (non-hydrogen) atoms. The zero-order chi connectivity index (χ0) is 14.4. The molecule has 0 fully saturated rings. The maximum atomic E-state index is 13.7. The first-order chi connectivity index (χ1) is 8.95. The third kappa shape index (κ3) is 4.31. The number of carbonyl (C=O) groups is 2. The Morgan fingerprint density at radius 1 is 1.16 bits per heavy atom. The molecule has 0 aliphatic heterocycles. The summed E-state index contributed by atoms with van der Waals surface area (Å²) in [5.41, 5.74) is 16.1. The summed E-state index contributed by atoms with van der Waals surface area (Å²) in [6, 6.07) is 5.38. The summed E-state index contributed by atoms with van der Waals surface area (Å²) in [6.07, 6.45) is 0.